The molecule has 0 aromatic heterocycles. The van der Waals surface area contributed by atoms with Gasteiger partial charge in [-0.25, -0.2) is 4.39 Å². The van der Waals surface area contributed by atoms with Crippen LogP contribution in [0, 0.1) is 5.82 Å². The van der Waals surface area contributed by atoms with Gasteiger partial charge in [-0.3, -0.25) is 9.69 Å². The molecule has 2 rings (SSSR count). The second kappa shape index (κ2) is 8.13. The van der Waals surface area contributed by atoms with Crippen LogP contribution in [-0.2, 0) is 11.2 Å². The molecule has 0 N–H and O–H groups in total. The standard InChI is InChI=1S/C17H25FN2O/c1-2-3-4-17(21)20-13-11-19(12-14-20)10-9-15-5-7-16(18)8-6-15/h5-8H,2-4,9-14H2,1H3. The Morgan fingerprint density at radius 2 is 1.81 bits per heavy atom. The lowest BCUT2D eigenvalue weighted by Gasteiger charge is -2.34. The van der Waals surface area contributed by atoms with E-state index in [9.17, 15) is 9.18 Å². The average molecular weight is 292 g/mol. The molecule has 116 valence electrons. The number of nitrogens with zero attached hydrogens (tertiary/aromatic N) is 2. The van der Waals surface area contributed by atoms with Gasteiger partial charge in [-0.15, -0.1) is 0 Å². The first-order valence-electron chi connectivity index (χ1n) is 7.93. The SMILES string of the molecule is CCCCC(=O)N1CCN(CCc2ccc(F)cc2)CC1. The summed E-state index contributed by atoms with van der Waals surface area (Å²) < 4.78 is 12.8. The van der Waals surface area contributed by atoms with Crippen molar-refractivity contribution in [3.8, 4) is 0 Å². The molecular formula is C17H25FN2O. The Bertz CT molecular complexity index is 439. The van der Waals surface area contributed by atoms with Crippen molar-refractivity contribution in [1.29, 1.82) is 0 Å². The van der Waals surface area contributed by atoms with Crippen molar-refractivity contribution in [1.82, 2.24) is 9.80 Å². The molecule has 1 fully saturated rings. The number of benzene rings is 1. The maximum absolute atomic E-state index is 12.8. The van der Waals surface area contributed by atoms with Crippen molar-refractivity contribution >= 4 is 5.91 Å². The van der Waals surface area contributed by atoms with E-state index in [1.54, 1.807) is 0 Å². The van der Waals surface area contributed by atoms with Crippen LogP contribution >= 0.6 is 0 Å². The van der Waals surface area contributed by atoms with Gasteiger partial charge in [0, 0.05) is 39.1 Å². The number of hydrogen-bond acceptors (Lipinski definition) is 2. The van der Waals surface area contributed by atoms with Gasteiger partial charge < -0.3 is 4.90 Å². The number of hydrogen-bond donors (Lipinski definition) is 0. The Kier molecular flexibility index (Phi) is 6.18. The third kappa shape index (κ3) is 5.12. The third-order valence-electron chi connectivity index (χ3n) is 4.10. The third-order valence-corrected chi connectivity index (χ3v) is 4.10. The van der Waals surface area contributed by atoms with Crippen LogP contribution < -0.4 is 0 Å². The van der Waals surface area contributed by atoms with Gasteiger partial charge in [-0.05, 0) is 30.5 Å². The molecule has 1 saturated heterocycles. The summed E-state index contributed by atoms with van der Waals surface area (Å²) in [6.45, 7) is 6.65. The maximum atomic E-state index is 12.8. The van der Waals surface area contributed by atoms with E-state index in [0.29, 0.717) is 12.3 Å². The van der Waals surface area contributed by atoms with Gasteiger partial charge in [0.1, 0.15) is 5.82 Å². The largest absolute Gasteiger partial charge is 0.340 e. The van der Waals surface area contributed by atoms with E-state index in [1.165, 1.54) is 12.1 Å². The van der Waals surface area contributed by atoms with Gasteiger partial charge in [-0.2, -0.15) is 0 Å². The maximum Gasteiger partial charge on any atom is 0.222 e. The minimum Gasteiger partial charge on any atom is -0.340 e. The molecule has 0 saturated carbocycles. The lowest BCUT2D eigenvalue weighted by atomic mass is 10.1. The van der Waals surface area contributed by atoms with E-state index in [4.69, 9.17) is 0 Å². The number of halogens is 1. The summed E-state index contributed by atoms with van der Waals surface area (Å²) >= 11 is 0. The smallest absolute Gasteiger partial charge is 0.222 e. The minimum atomic E-state index is -0.182. The van der Waals surface area contributed by atoms with Gasteiger partial charge in [0.2, 0.25) is 5.91 Å². The molecule has 0 bridgehead atoms. The fourth-order valence-electron chi connectivity index (χ4n) is 2.65. The topological polar surface area (TPSA) is 23.6 Å². The number of piperazine rings is 1. The van der Waals surface area contributed by atoms with Crippen LogP contribution in [0.4, 0.5) is 4.39 Å². The molecule has 0 radical (unpaired) electrons. The molecule has 1 aromatic carbocycles. The summed E-state index contributed by atoms with van der Waals surface area (Å²) in [5.74, 6) is 0.119. The van der Waals surface area contributed by atoms with Crippen LogP contribution in [0.2, 0.25) is 0 Å². The number of carbonyl (C=O) groups excluding carboxylic acids is 1. The highest BCUT2D eigenvalue weighted by Crippen LogP contribution is 2.09. The molecule has 1 aliphatic rings. The molecule has 0 spiro atoms. The molecular weight excluding hydrogens is 267 g/mol. The van der Waals surface area contributed by atoms with Crippen LogP contribution in [-0.4, -0.2) is 48.4 Å². The summed E-state index contributed by atoms with van der Waals surface area (Å²) in [5, 5.41) is 0. The van der Waals surface area contributed by atoms with Gasteiger partial charge in [-0.1, -0.05) is 25.5 Å². The van der Waals surface area contributed by atoms with Gasteiger partial charge >= 0.3 is 0 Å². The molecule has 1 amide bonds. The van der Waals surface area contributed by atoms with E-state index in [2.05, 4.69) is 11.8 Å². The molecule has 1 heterocycles. The van der Waals surface area contributed by atoms with Gasteiger partial charge in [0.15, 0.2) is 0 Å². The fourth-order valence-corrected chi connectivity index (χ4v) is 2.65. The fraction of sp³-hybridized carbons (Fsp3) is 0.588. The lowest BCUT2D eigenvalue weighted by Crippen LogP contribution is -2.49. The quantitative estimate of drug-likeness (QED) is 0.805. The molecule has 0 aliphatic carbocycles. The molecule has 1 aromatic rings. The Balaban J connectivity index is 1.69. The first-order valence-corrected chi connectivity index (χ1v) is 7.93. The molecule has 0 atom stereocenters. The van der Waals surface area contributed by atoms with Crippen molar-refractivity contribution in [3.63, 3.8) is 0 Å². The van der Waals surface area contributed by atoms with Crippen molar-refractivity contribution in [2.45, 2.75) is 32.6 Å². The van der Waals surface area contributed by atoms with Gasteiger partial charge in [0.05, 0.1) is 0 Å². The lowest BCUT2D eigenvalue weighted by molar-refractivity contribution is -0.133. The highest BCUT2D eigenvalue weighted by molar-refractivity contribution is 5.76. The first kappa shape index (κ1) is 16.0. The second-order valence-electron chi connectivity index (χ2n) is 5.70. The average Bonchev–Trinajstić information content (AvgIpc) is 2.52. The predicted octanol–water partition coefficient (Wildman–Crippen LogP) is 2.70. The number of carbonyl (C=O) groups is 1. The van der Waals surface area contributed by atoms with Gasteiger partial charge in [0.25, 0.3) is 0 Å². The van der Waals surface area contributed by atoms with Crippen molar-refractivity contribution in [2.24, 2.45) is 0 Å². The first-order chi connectivity index (χ1) is 10.2. The van der Waals surface area contributed by atoms with Crippen LogP contribution in [0.5, 0.6) is 0 Å². The minimum absolute atomic E-state index is 0.182. The normalized spacial score (nSPS) is 16.2. The zero-order valence-electron chi connectivity index (χ0n) is 12.9. The van der Waals surface area contributed by atoms with E-state index >= 15 is 0 Å². The predicted molar refractivity (Wildman–Crippen MR) is 82.6 cm³/mol. The van der Waals surface area contributed by atoms with Crippen LogP contribution in [0.1, 0.15) is 31.7 Å². The molecule has 4 heteroatoms. The summed E-state index contributed by atoms with van der Waals surface area (Å²) in [4.78, 5) is 16.3. The van der Waals surface area contributed by atoms with E-state index in [0.717, 1.165) is 57.5 Å². The Labute approximate surface area is 126 Å². The molecule has 3 nitrogen and oxygen atoms in total. The van der Waals surface area contributed by atoms with Crippen molar-refractivity contribution in [2.75, 3.05) is 32.7 Å². The Morgan fingerprint density at radius 3 is 2.43 bits per heavy atom. The van der Waals surface area contributed by atoms with Crippen LogP contribution in [0.3, 0.4) is 0 Å². The highest BCUT2D eigenvalue weighted by atomic mass is 19.1. The summed E-state index contributed by atoms with van der Waals surface area (Å²) in [7, 11) is 0. The zero-order chi connectivity index (χ0) is 15.1. The summed E-state index contributed by atoms with van der Waals surface area (Å²) in [6.07, 6.45) is 3.68. The number of amides is 1. The zero-order valence-corrected chi connectivity index (χ0v) is 12.9. The summed E-state index contributed by atoms with van der Waals surface area (Å²) in [5.41, 5.74) is 1.16. The van der Waals surface area contributed by atoms with Crippen molar-refractivity contribution < 1.29 is 9.18 Å². The van der Waals surface area contributed by atoms with Crippen LogP contribution in [0.15, 0.2) is 24.3 Å². The Hall–Kier alpha value is -1.42. The molecule has 1 aliphatic heterocycles. The van der Waals surface area contributed by atoms with E-state index in [-0.39, 0.29) is 5.82 Å². The highest BCUT2D eigenvalue weighted by Gasteiger charge is 2.20. The van der Waals surface area contributed by atoms with E-state index in [1.807, 2.05) is 17.0 Å². The van der Waals surface area contributed by atoms with Crippen molar-refractivity contribution in [3.05, 3.63) is 35.6 Å². The van der Waals surface area contributed by atoms with Crippen LogP contribution in [0.25, 0.3) is 0 Å². The molecule has 0 unspecified atom stereocenters. The number of unbranched alkanes of at least 4 members (excludes halogenated alkanes) is 1. The molecule has 21 heavy (non-hydrogen) atoms. The Morgan fingerprint density at radius 1 is 1.14 bits per heavy atom. The monoisotopic (exact) mass is 292 g/mol. The van der Waals surface area contributed by atoms with E-state index < -0.39 is 0 Å². The second-order valence-corrected chi connectivity index (χ2v) is 5.70. The summed E-state index contributed by atoms with van der Waals surface area (Å²) in [6, 6.07) is 6.72. The number of rotatable bonds is 6.